The number of hydrogen-bond acceptors (Lipinski definition) is 8. The Kier molecular flexibility index (Phi) is 14.8. The minimum Gasteiger partial charge on any atom is -0.480 e. The van der Waals surface area contributed by atoms with Gasteiger partial charge in [-0.2, -0.15) is 11.8 Å². The summed E-state index contributed by atoms with van der Waals surface area (Å²) in [6.45, 7) is 1.56. The Morgan fingerprint density at radius 1 is 0.947 bits per heavy atom. The molecule has 0 bridgehead atoms. The van der Waals surface area contributed by atoms with Crippen molar-refractivity contribution < 1.29 is 29.4 Å². The third-order valence-corrected chi connectivity index (χ3v) is 6.19. The predicted octanol–water partition coefficient (Wildman–Crippen LogP) is -1.72. The fourth-order valence-electron chi connectivity index (χ4n) is 3.36. The molecule has 11 N–H and O–H groups in total. The largest absolute Gasteiger partial charge is 0.480 e. The fraction of sp³-hybridized carbons (Fsp3) is 0.542. The first kappa shape index (κ1) is 32.7. The highest BCUT2D eigenvalue weighted by Gasteiger charge is 2.31. The number of aliphatic hydroxyl groups is 1. The van der Waals surface area contributed by atoms with Crippen LogP contribution in [-0.4, -0.2) is 88.7 Å². The third-order valence-electron chi connectivity index (χ3n) is 5.54. The van der Waals surface area contributed by atoms with E-state index in [0.717, 1.165) is 5.56 Å². The second-order valence-corrected chi connectivity index (χ2v) is 9.69. The van der Waals surface area contributed by atoms with Crippen molar-refractivity contribution in [1.29, 1.82) is 0 Å². The van der Waals surface area contributed by atoms with Crippen LogP contribution >= 0.6 is 11.8 Å². The molecule has 0 aliphatic carbocycles. The van der Waals surface area contributed by atoms with Gasteiger partial charge < -0.3 is 43.4 Å². The zero-order valence-corrected chi connectivity index (χ0v) is 22.4. The molecule has 0 radical (unpaired) electrons. The van der Waals surface area contributed by atoms with Crippen molar-refractivity contribution in [3.63, 3.8) is 0 Å². The molecule has 212 valence electrons. The van der Waals surface area contributed by atoms with Crippen molar-refractivity contribution in [3.05, 3.63) is 35.9 Å². The number of hydrogen-bond donors (Lipinski definition) is 8. The lowest BCUT2D eigenvalue weighted by molar-refractivity contribution is -0.142. The monoisotopic (exact) mass is 553 g/mol. The summed E-state index contributed by atoms with van der Waals surface area (Å²) in [5.74, 6) is -2.91. The minimum atomic E-state index is -1.26. The van der Waals surface area contributed by atoms with Crippen molar-refractivity contribution in [2.24, 2.45) is 22.2 Å². The second kappa shape index (κ2) is 17.2. The number of carboxylic acid groups (broad SMARTS) is 1. The molecule has 0 aromatic heterocycles. The molecule has 14 heteroatoms. The summed E-state index contributed by atoms with van der Waals surface area (Å²) in [4.78, 5) is 54.3. The normalized spacial score (nSPS) is 14.7. The highest BCUT2D eigenvalue weighted by Crippen LogP contribution is 2.08. The maximum Gasteiger partial charge on any atom is 0.326 e. The quantitative estimate of drug-likeness (QED) is 0.0617. The average Bonchev–Trinajstić information content (AvgIpc) is 2.87. The predicted molar refractivity (Wildman–Crippen MR) is 146 cm³/mol. The Morgan fingerprint density at radius 3 is 2.08 bits per heavy atom. The van der Waals surface area contributed by atoms with Crippen LogP contribution < -0.4 is 33.2 Å². The summed E-state index contributed by atoms with van der Waals surface area (Å²) in [5.41, 5.74) is 17.0. The van der Waals surface area contributed by atoms with E-state index >= 15 is 0 Å². The number of carbonyl (C=O) groups excluding carboxylic acids is 3. The Hall–Kier alpha value is -3.36. The molecule has 13 nitrogen and oxygen atoms in total. The molecule has 1 rings (SSSR count). The summed E-state index contributed by atoms with van der Waals surface area (Å²) >= 11 is 1.45. The van der Waals surface area contributed by atoms with Gasteiger partial charge in [-0.3, -0.25) is 19.4 Å². The standard InChI is InChI=1S/C24H39N7O6S/c1-14(32)19(25)22(35)31-18(13-15-7-4-3-5-8-15)21(34)29-16(10-12-38-2)20(33)30-17(23(36)37)9-6-11-28-24(26)27/h3-5,7-8,14,16-19,32H,6,9-13,25H2,1-2H3,(H,29,34)(H,30,33)(H,31,35)(H,36,37)(H4,26,27,28). The molecule has 0 heterocycles. The van der Waals surface area contributed by atoms with Crippen LogP contribution in [0.5, 0.6) is 0 Å². The number of aliphatic imine (C=N–C) groups is 1. The minimum absolute atomic E-state index is 0.0744. The molecule has 38 heavy (non-hydrogen) atoms. The topological polar surface area (TPSA) is 235 Å². The smallest absolute Gasteiger partial charge is 0.326 e. The van der Waals surface area contributed by atoms with Gasteiger partial charge in [-0.15, -0.1) is 0 Å². The Balaban J connectivity index is 3.03. The van der Waals surface area contributed by atoms with Gasteiger partial charge in [0, 0.05) is 13.0 Å². The van der Waals surface area contributed by atoms with Crippen molar-refractivity contribution in [2.45, 2.75) is 62.9 Å². The summed E-state index contributed by atoms with van der Waals surface area (Å²) in [5, 5.41) is 26.9. The molecule has 0 saturated carbocycles. The Bertz CT molecular complexity index is 943. The van der Waals surface area contributed by atoms with E-state index in [1.54, 1.807) is 30.3 Å². The van der Waals surface area contributed by atoms with Crippen molar-refractivity contribution in [3.8, 4) is 0 Å². The van der Waals surface area contributed by atoms with Gasteiger partial charge in [-0.05, 0) is 43.8 Å². The lowest BCUT2D eigenvalue weighted by Gasteiger charge is -2.25. The van der Waals surface area contributed by atoms with E-state index in [0.29, 0.717) is 12.2 Å². The molecular weight excluding hydrogens is 514 g/mol. The van der Waals surface area contributed by atoms with E-state index < -0.39 is 54.0 Å². The van der Waals surface area contributed by atoms with Crippen LogP contribution in [0.25, 0.3) is 0 Å². The Morgan fingerprint density at radius 2 is 1.53 bits per heavy atom. The summed E-state index contributed by atoms with van der Waals surface area (Å²) in [6, 6.07) is 4.28. The van der Waals surface area contributed by atoms with E-state index in [4.69, 9.17) is 17.2 Å². The molecule has 1 aromatic rings. The number of benzene rings is 1. The summed E-state index contributed by atoms with van der Waals surface area (Å²) in [6.07, 6.45) is 1.39. The lowest BCUT2D eigenvalue weighted by Crippen LogP contribution is -2.58. The fourth-order valence-corrected chi connectivity index (χ4v) is 3.83. The number of nitrogens with one attached hydrogen (secondary N) is 3. The maximum atomic E-state index is 13.3. The van der Waals surface area contributed by atoms with E-state index in [1.807, 2.05) is 6.26 Å². The van der Waals surface area contributed by atoms with Crippen LogP contribution in [0, 0.1) is 0 Å². The van der Waals surface area contributed by atoms with Crippen LogP contribution in [0.2, 0.25) is 0 Å². The number of thioether (sulfide) groups is 1. The number of carbonyl (C=O) groups is 4. The second-order valence-electron chi connectivity index (χ2n) is 8.71. The number of amides is 3. The van der Waals surface area contributed by atoms with Gasteiger partial charge in [0.05, 0.1) is 6.10 Å². The zero-order chi connectivity index (χ0) is 28.7. The molecule has 0 aliphatic rings. The number of nitrogens with zero attached hydrogens (tertiary/aromatic N) is 1. The summed E-state index contributed by atoms with van der Waals surface area (Å²) in [7, 11) is 0. The number of aliphatic carboxylic acids is 1. The number of guanidine groups is 1. The van der Waals surface area contributed by atoms with Crippen molar-refractivity contribution in [2.75, 3.05) is 18.6 Å². The van der Waals surface area contributed by atoms with Gasteiger partial charge in [0.1, 0.15) is 24.2 Å². The number of aliphatic hydroxyl groups excluding tert-OH is 1. The molecule has 0 spiro atoms. The Labute approximate surface area is 226 Å². The van der Waals surface area contributed by atoms with Gasteiger partial charge in [-0.25, -0.2) is 4.79 Å². The van der Waals surface area contributed by atoms with E-state index in [2.05, 4.69) is 20.9 Å². The van der Waals surface area contributed by atoms with Gasteiger partial charge >= 0.3 is 5.97 Å². The molecule has 3 amide bonds. The first-order chi connectivity index (χ1) is 18.0. The van der Waals surface area contributed by atoms with Crippen LogP contribution in [0.1, 0.15) is 31.7 Å². The van der Waals surface area contributed by atoms with Crippen molar-refractivity contribution in [1.82, 2.24) is 16.0 Å². The first-order valence-electron chi connectivity index (χ1n) is 12.1. The SMILES string of the molecule is CSCCC(NC(=O)C(Cc1ccccc1)NC(=O)C(N)C(C)O)C(=O)NC(CCCN=C(N)N)C(=O)O. The summed E-state index contributed by atoms with van der Waals surface area (Å²) < 4.78 is 0. The molecule has 5 unspecified atom stereocenters. The zero-order valence-electron chi connectivity index (χ0n) is 21.6. The number of nitrogens with two attached hydrogens (primary N) is 3. The van der Waals surface area contributed by atoms with Crippen LogP contribution in [0.15, 0.2) is 35.3 Å². The number of carboxylic acids is 1. The van der Waals surface area contributed by atoms with Gasteiger partial charge in [-0.1, -0.05) is 30.3 Å². The van der Waals surface area contributed by atoms with Gasteiger partial charge in [0.15, 0.2) is 5.96 Å². The van der Waals surface area contributed by atoms with Crippen LogP contribution in [0.4, 0.5) is 0 Å². The average molecular weight is 554 g/mol. The lowest BCUT2D eigenvalue weighted by atomic mass is 10.0. The van der Waals surface area contributed by atoms with E-state index in [9.17, 15) is 29.4 Å². The van der Waals surface area contributed by atoms with E-state index in [1.165, 1.54) is 18.7 Å². The third kappa shape index (κ3) is 12.3. The van der Waals surface area contributed by atoms with Crippen LogP contribution in [0.3, 0.4) is 0 Å². The molecule has 0 fully saturated rings. The highest BCUT2D eigenvalue weighted by atomic mass is 32.2. The first-order valence-corrected chi connectivity index (χ1v) is 13.5. The van der Waals surface area contributed by atoms with Gasteiger partial charge in [0.25, 0.3) is 0 Å². The highest BCUT2D eigenvalue weighted by molar-refractivity contribution is 7.98. The van der Waals surface area contributed by atoms with Crippen molar-refractivity contribution >= 4 is 41.4 Å². The molecule has 0 aliphatic heterocycles. The van der Waals surface area contributed by atoms with Crippen LogP contribution in [-0.2, 0) is 25.6 Å². The number of rotatable bonds is 17. The molecular formula is C24H39N7O6S. The maximum absolute atomic E-state index is 13.3. The molecule has 5 atom stereocenters. The molecule has 1 aromatic carbocycles. The molecule has 0 saturated heterocycles. The van der Waals surface area contributed by atoms with Gasteiger partial charge in [0.2, 0.25) is 17.7 Å². The van der Waals surface area contributed by atoms with E-state index in [-0.39, 0.29) is 31.8 Å².